The Hall–Kier alpha value is -1.47. The maximum atomic E-state index is 13.7. The largest absolute Gasteiger partial charge is 0.342 e. The summed E-state index contributed by atoms with van der Waals surface area (Å²) in [4.78, 5) is 14.0. The van der Waals surface area contributed by atoms with E-state index in [-0.39, 0.29) is 24.7 Å². The van der Waals surface area contributed by atoms with Crippen LogP contribution >= 0.6 is 0 Å². The fraction of sp³-hybridized carbons (Fsp3) is 0.588. The summed E-state index contributed by atoms with van der Waals surface area (Å²) in [6, 6.07) is 6.80. The minimum absolute atomic E-state index is 0.0262. The lowest BCUT2D eigenvalue weighted by atomic mass is 9.91. The van der Waals surface area contributed by atoms with Gasteiger partial charge in [-0.05, 0) is 43.2 Å². The molecule has 0 radical (unpaired) electrons. The summed E-state index contributed by atoms with van der Waals surface area (Å²) in [7, 11) is -3.26. The van der Waals surface area contributed by atoms with Gasteiger partial charge < -0.3 is 4.90 Å². The van der Waals surface area contributed by atoms with Crippen LogP contribution in [0.25, 0.3) is 0 Å². The highest BCUT2D eigenvalue weighted by molar-refractivity contribution is 7.88. The summed E-state index contributed by atoms with van der Waals surface area (Å²) in [6.07, 6.45) is 4.76. The van der Waals surface area contributed by atoms with E-state index in [9.17, 15) is 17.6 Å². The van der Waals surface area contributed by atoms with E-state index in [2.05, 4.69) is 4.72 Å². The van der Waals surface area contributed by atoms with E-state index in [0.717, 1.165) is 31.1 Å². The third-order valence-electron chi connectivity index (χ3n) is 4.35. The molecule has 24 heavy (non-hydrogen) atoms. The number of hydrogen-bond donors (Lipinski definition) is 1. The second-order valence-electron chi connectivity index (χ2n) is 6.39. The Morgan fingerprint density at radius 2 is 2.12 bits per heavy atom. The van der Waals surface area contributed by atoms with Crippen molar-refractivity contribution in [3.8, 4) is 0 Å². The van der Waals surface area contributed by atoms with Crippen LogP contribution in [-0.4, -0.2) is 45.1 Å². The van der Waals surface area contributed by atoms with Gasteiger partial charge in [0.15, 0.2) is 0 Å². The number of sulfonamides is 1. The Morgan fingerprint density at radius 3 is 2.83 bits per heavy atom. The topological polar surface area (TPSA) is 66.5 Å². The van der Waals surface area contributed by atoms with Gasteiger partial charge in [0.1, 0.15) is 5.82 Å². The van der Waals surface area contributed by atoms with Gasteiger partial charge in [0.25, 0.3) is 0 Å². The quantitative estimate of drug-likeness (QED) is 0.812. The molecular weight excluding hydrogens is 331 g/mol. The van der Waals surface area contributed by atoms with Crippen molar-refractivity contribution in [2.75, 3.05) is 25.9 Å². The third-order valence-corrected chi connectivity index (χ3v) is 5.08. The number of carbonyl (C=O) groups is 1. The molecule has 1 aromatic carbocycles. The average Bonchev–Trinajstić information content (AvgIpc) is 2.53. The van der Waals surface area contributed by atoms with Crippen LogP contribution in [-0.2, 0) is 21.2 Å². The highest BCUT2D eigenvalue weighted by atomic mass is 32.2. The molecule has 0 unspecified atom stereocenters. The average molecular weight is 356 g/mol. The molecule has 0 spiro atoms. The van der Waals surface area contributed by atoms with Gasteiger partial charge in [-0.25, -0.2) is 17.5 Å². The van der Waals surface area contributed by atoms with Gasteiger partial charge in [0.05, 0.1) is 6.26 Å². The van der Waals surface area contributed by atoms with E-state index >= 15 is 0 Å². The molecule has 1 atom stereocenters. The summed E-state index contributed by atoms with van der Waals surface area (Å²) in [5.41, 5.74) is 0.721. The second-order valence-corrected chi connectivity index (χ2v) is 8.23. The van der Waals surface area contributed by atoms with Crippen molar-refractivity contribution < 1.29 is 17.6 Å². The SMILES string of the molecule is CS(=O)(=O)NCCC(=O)N1CCC[C@H](CCc2ccccc2F)C1. The number of likely N-dealkylation sites (tertiary alicyclic amines) is 1. The van der Waals surface area contributed by atoms with Crippen LogP contribution in [0, 0.1) is 11.7 Å². The molecule has 1 fully saturated rings. The maximum Gasteiger partial charge on any atom is 0.223 e. The predicted octanol–water partition coefficient (Wildman–Crippen LogP) is 1.94. The lowest BCUT2D eigenvalue weighted by Crippen LogP contribution is -2.41. The molecule has 1 heterocycles. The van der Waals surface area contributed by atoms with Crippen LogP contribution in [0.15, 0.2) is 24.3 Å². The number of aryl methyl sites for hydroxylation is 1. The Bertz CT molecular complexity index is 664. The molecule has 7 heteroatoms. The van der Waals surface area contributed by atoms with Crippen molar-refractivity contribution in [2.24, 2.45) is 5.92 Å². The molecule has 2 rings (SSSR count). The molecule has 0 aliphatic carbocycles. The fourth-order valence-electron chi connectivity index (χ4n) is 3.09. The number of halogens is 1. The minimum Gasteiger partial charge on any atom is -0.342 e. The Morgan fingerprint density at radius 1 is 1.38 bits per heavy atom. The van der Waals surface area contributed by atoms with Crippen molar-refractivity contribution in [3.05, 3.63) is 35.6 Å². The summed E-state index contributed by atoms with van der Waals surface area (Å²) in [5.74, 6) is 0.167. The standard InChI is InChI=1S/C17H25FN2O3S/c1-24(22,23)19-11-10-17(21)20-12-4-5-14(13-20)8-9-15-6-2-3-7-16(15)18/h2-3,6-7,14,19H,4-5,8-13H2,1H3/t14-/m1/s1. The van der Waals surface area contributed by atoms with Gasteiger partial charge in [-0.3, -0.25) is 4.79 Å². The number of hydrogen-bond acceptors (Lipinski definition) is 3. The molecule has 134 valence electrons. The Labute approximate surface area is 143 Å². The zero-order valence-corrected chi connectivity index (χ0v) is 14.8. The lowest BCUT2D eigenvalue weighted by Gasteiger charge is -2.33. The van der Waals surface area contributed by atoms with E-state index in [1.807, 2.05) is 6.07 Å². The summed E-state index contributed by atoms with van der Waals surface area (Å²) >= 11 is 0. The normalized spacial score (nSPS) is 18.6. The molecule has 1 N–H and O–H groups in total. The molecular formula is C17H25FN2O3S. The highest BCUT2D eigenvalue weighted by Gasteiger charge is 2.23. The monoisotopic (exact) mass is 356 g/mol. The van der Waals surface area contributed by atoms with Crippen LogP contribution in [0.4, 0.5) is 4.39 Å². The number of carbonyl (C=O) groups excluding carboxylic acids is 1. The van der Waals surface area contributed by atoms with E-state index in [0.29, 0.717) is 25.4 Å². The van der Waals surface area contributed by atoms with Crippen molar-refractivity contribution in [1.29, 1.82) is 0 Å². The first-order chi connectivity index (χ1) is 11.3. The van der Waals surface area contributed by atoms with Crippen LogP contribution < -0.4 is 4.72 Å². The summed E-state index contributed by atoms with van der Waals surface area (Å²) in [6.45, 7) is 1.52. The van der Waals surface area contributed by atoms with Gasteiger partial charge in [-0.2, -0.15) is 0 Å². The van der Waals surface area contributed by atoms with E-state index in [1.165, 1.54) is 6.07 Å². The zero-order chi connectivity index (χ0) is 17.6. The summed E-state index contributed by atoms with van der Waals surface area (Å²) < 4.78 is 38.0. The fourth-order valence-corrected chi connectivity index (χ4v) is 3.56. The number of benzene rings is 1. The van der Waals surface area contributed by atoms with Gasteiger partial charge >= 0.3 is 0 Å². The molecule has 0 bridgehead atoms. The first-order valence-corrected chi connectivity index (χ1v) is 10.2. The van der Waals surface area contributed by atoms with Gasteiger partial charge in [-0.15, -0.1) is 0 Å². The molecule has 1 aliphatic rings. The van der Waals surface area contributed by atoms with Gasteiger partial charge in [-0.1, -0.05) is 18.2 Å². The van der Waals surface area contributed by atoms with Crippen LogP contribution in [0.1, 0.15) is 31.2 Å². The van der Waals surface area contributed by atoms with Crippen molar-refractivity contribution >= 4 is 15.9 Å². The molecule has 1 amide bonds. The molecule has 5 nitrogen and oxygen atoms in total. The molecule has 1 saturated heterocycles. The smallest absolute Gasteiger partial charge is 0.223 e. The zero-order valence-electron chi connectivity index (χ0n) is 14.0. The van der Waals surface area contributed by atoms with E-state index in [4.69, 9.17) is 0 Å². The molecule has 1 aliphatic heterocycles. The van der Waals surface area contributed by atoms with Crippen molar-refractivity contribution in [2.45, 2.75) is 32.1 Å². The van der Waals surface area contributed by atoms with E-state index in [1.54, 1.807) is 17.0 Å². The number of piperidine rings is 1. The molecule has 0 aromatic heterocycles. The first kappa shape index (κ1) is 18.9. The van der Waals surface area contributed by atoms with E-state index < -0.39 is 10.0 Å². The third kappa shape index (κ3) is 6.20. The minimum atomic E-state index is -3.26. The number of nitrogens with zero attached hydrogens (tertiary/aromatic N) is 1. The Balaban J connectivity index is 1.78. The summed E-state index contributed by atoms with van der Waals surface area (Å²) in [5, 5.41) is 0. The first-order valence-electron chi connectivity index (χ1n) is 8.31. The Kier molecular flexibility index (Phi) is 6.74. The second kappa shape index (κ2) is 8.58. The maximum absolute atomic E-state index is 13.7. The van der Waals surface area contributed by atoms with Gasteiger partial charge in [0.2, 0.25) is 15.9 Å². The van der Waals surface area contributed by atoms with Crippen LogP contribution in [0.2, 0.25) is 0 Å². The van der Waals surface area contributed by atoms with Crippen LogP contribution in [0.5, 0.6) is 0 Å². The van der Waals surface area contributed by atoms with Crippen LogP contribution in [0.3, 0.4) is 0 Å². The molecule has 1 aromatic rings. The number of rotatable bonds is 7. The van der Waals surface area contributed by atoms with Gasteiger partial charge in [0, 0.05) is 26.1 Å². The highest BCUT2D eigenvalue weighted by Crippen LogP contribution is 2.22. The lowest BCUT2D eigenvalue weighted by molar-refractivity contribution is -0.132. The number of nitrogens with one attached hydrogen (secondary N) is 1. The van der Waals surface area contributed by atoms with Crippen molar-refractivity contribution in [1.82, 2.24) is 9.62 Å². The van der Waals surface area contributed by atoms with Crippen molar-refractivity contribution in [3.63, 3.8) is 0 Å². The number of amides is 1. The predicted molar refractivity (Wildman–Crippen MR) is 91.5 cm³/mol. The molecule has 0 saturated carbocycles.